The van der Waals surface area contributed by atoms with Crippen LogP contribution in [0.2, 0.25) is 0 Å². The minimum Gasteiger partial charge on any atom is -0.480 e. The molecule has 1 aromatic rings. The smallest absolute Gasteiger partial charge is 0.323 e. The molecule has 96 valence electrons. The fourth-order valence-corrected chi connectivity index (χ4v) is 1.30. The van der Waals surface area contributed by atoms with E-state index in [2.05, 4.69) is 16.9 Å². The number of hydrogen-bond donors (Lipinski definition) is 2. The minimum absolute atomic E-state index is 0.144. The molecule has 1 heterocycles. The van der Waals surface area contributed by atoms with Crippen molar-refractivity contribution in [1.29, 1.82) is 0 Å². The first-order valence-electron chi connectivity index (χ1n) is 5.32. The molecule has 0 saturated carbocycles. The van der Waals surface area contributed by atoms with E-state index < -0.39 is 5.97 Å². The summed E-state index contributed by atoms with van der Waals surface area (Å²) in [5.74, 6) is -0.681. The second-order valence-electron chi connectivity index (χ2n) is 3.65. The maximum Gasteiger partial charge on any atom is 0.323 e. The number of amides is 1. The highest BCUT2D eigenvalue weighted by molar-refractivity contribution is 5.94. The molecule has 0 bridgehead atoms. The second-order valence-corrected chi connectivity index (χ2v) is 3.65. The summed E-state index contributed by atoms with van der Waals surface area (Å²) in [6.07, 6.45) is 2.99. The molecule has 0 atom stereocenters. The van der Waals surface area contributed by atoms with E-state index in [9.17, 15) is 9.59 Å². The maximum absolute atomic E-state index is 11.6. The average Bonchev–Trinajstić information content (AvgIpc) is 2.35. The Morgan fingerprint density at radius 3 is 2.78 bits per heavy atom. The molecule has 0 spiro atoms. The summed E-state index contributed by atoms with van der Waals surface area (Å²) in [7, 11) is 1.62. The number of hydrogen-bond acceptors (Lipinski definition) is 4. The van der Waals surface area contributed by atoms with E-state index in [0.717, 1.165) is 0 Å². The molecule has 0 saturated heterocycles. The Kier molecular flexibility index (Phi) is 4.86. The number of carboxylic acid groups (broad SMARTS) is 1. The van der Waals surface area contributed by atoms with Crippen molar-refractivity contribution >= 4 is 17.7 Å². The molecule has 1 rings (SSSR count). The quantitative estimate of drug-likeness (QED) is 0.718. The van der Waals surface area contributed by atoms with Crippen LogP contribution in [-0.2, 0) is 4.79 Å². The maximum atomic E-state index is 11.6. The fourth-order valence-electron chi connectivity index (χ4n) is 1.30. The van der Waals surface area contributed by atoms with Crippen LogP contribution in [0, 0.1) is 0 Å². The predicted octanol–water partition coefficient (Wildman–Crippen LogP) is 0.518. The van der Waals surface area contributed by atoms with Crippen molar-refractivity contribution < 1.29 is 14.7 Å². The lowest BCUT2D eigenvalue weighted by Gasteiger charge is -2.15. The molecule has 6 heteroatoms. The van der Waals surface area contributed by atoms with Crippen LogP contribution in [0.25, 0.3) is 0 Å². The molecular formula is C12H15N3O3. The van der Waals surface area contributed by atoms with Crippen LogP contribution in [0.15, 0.2) is 31.0 Å². The summed E-state index contributed by atoms with van der Waals surface area (Å²) in [6, 6.07) is 3.20. The van der Waals surface area contributed by atoms with Gasteiger partial charge in [-0.15, -0.1) is 6.58 Å². The Morgan fingerprint density at radius 2 is 2.28 bits per heavy atom. The Hall–Kier alpha value is -2.37. The number of carboxylic acids is 1. The number of pyridine rings is 1. The first-order chi connectivity index (χ1) is 8.54. The van der Waals surface area contributed by atoms with Crippen molar-refractivity contribution in [1.82, 2.24) is 10.3 Å². The number of nitrogens with one attached hydrogen (secondary N) is 1. The lowest BCUT2D eigenvalue weighted by Crippen LogP contribution is -2.26. The first kappa shape index (κ1) is 13.7. The van der Waals surface area contributed by atoms with Crippen LogP contribution < -0.4 is 10.2 Å². The number of aliphatic carboxylic acids is 1. The number of aromatic nitrogens is 1. The van der Waals surface area contributed by atoms with Gasteiger partial charge in [-0.1, -0.05) is 6.08 Å². The highest BCUT2D eigenvalue weighted by Crippen LogP contribution is 2.09. The molecular weight excluding hydrogens is 234 g/mol. The fraction of sp³-hybridized carbons (Fsp3) is 0.250. The molecule has 0 aromatic carbocycles. The zero-order valence-electron chi connectivity index (χ0n) is 10.1. The third-order valence-corrected chi connectivity index (χ3v) is 2.18. The van der Waals surface area contributed by atoms with Gasteiger partial charge in [0.1, 0.15) is 12.4 Å². The monoisotopic (exact) mass is 249 g/mol. The van der Waals surface area contributed by atoms with Gasteiger partial charge in [-0.2, -0.15) is 0 Å². The Labute approximate surface area is 105 Å². The van der Waals surface area contributed by atoms with E-state index in [-0.39, 0.29) is 12.5 Å². The lowest BCUT2D eigenvalue weighted by molar-refractivity contribution is -0.135. The summed E-state index contributed by atoms with van der Waals surface area (Å²) < 4.78 is 0. The zero-order valence-corrected chi connectivity index (χ0v) is 10.1. The van der Waals surface area contributed by atoms with Crippen LogP contribution in [0.3, 0.4) is 0 Å². The van der Waals surface area contributed by atoms with Crippen LogP contribution in [0.5, 0.6) is 0 Å². The molecule has 0 aliphatic carbocycles. The number of rotatable bonds is 6. The number of carbonyl (C=O) groups is 2. The van der Waals surface area contributed by atoms with Gasteiger partial charge in [0.25, 0.3) is 5.91 Å². The standard InChI is InChI=1S/C12H15N3O3/c1-3-6-13-12(18)9-4-5-10(14-7-9)15(2)8-11(16)17/h3-5,7H,1,6,8H2,2H3,(H,13,18)(H,16,17). The Bertz CT molecular complexity index is 442. The topological polar surface area (TPSA) is 82.5 Å². The molecule has 1 amide bonds. The van der Waals surface area contributed by atoms with Gasteiger partial charge in [0.05, 0.1) is 5.56 Å². The largest absolute Gasteiger partial charge is 0.480 e. The normalized spacial score (nSPS) is 9.61. The van der Waals surface area contributed by atoms with Crippen molar-refractivity contribution in [2.75, 3.05) is 25.0 Å². The summed E-state index contributed by atoms with van der Waals surface area (Å²) in [6.45, 7) is 3.74. The lowest BCUT2D eigenvalue weighted by atomic mass is 10.2. The number of nitrogens with zero attached hydrogens (tertiary/aromatic N) is 2. The third-order valence-electron chi connectivity index (χ3n) is 2.18. The SMILES string of the molecule is C=CCNC(=O)c1ccc(N(C)CC(=O)O)nc1. The second kappa shape index (κ2) is 6.39. The summed E-state index contributed by atoms with van der Waals surface area (Å²) >= 11 is 0. The molecule has 0 fully saturated rings. The van der Waals surface area contributed by atoms with Gasteiger partial charge in [-0.25, -0.2) is 4.98 Å². The molecule has 2 N–H and O–H groups in total. The number of carbonyl (C=O) groups excluding carboxylic acids is 1. The van der Waals surface area contributed by atoms with Gasteiger partial charge >= 0.3 is 5.97 Å². The van der Waals surface area contributed by atoms with Crippen LogP contribution in [0.1, 0.15) is 10.4 Å². The highest BCUT2D eigenvalue weighted by Gasteiger charge is 2.09. The van der Waals surface area contributed by atoms with Crippen molar-refractivity contribution in [2.24, 2.45) is 0 Å². The van der Waals surface area contributed by atoms with E-state index in [1.807, 2.05) is 0 Å². The van der Waals surface area contributed by atoms with Crippen molar-refractivity contribution in [2.45, 2.75) is 0 Å². The molecule has 18 heavy (non-hydrogen) atoms. The van der Waals surface area contributed by atoms with Crippen LogP contribution in [0.4, 0.5) is 5.82 Å². The zero-order chi connectivity index (χ0) is 13.5. The summed E-state index contributed by atoms with van der Waals surface area (Å²) in [5.41, 5.74) is 0.421. The van der Waals surface area contributed by atoms with Crippen molar-refractivity contribution in [3.63, 3.8) is 0 Å². The molecule has 6 nitrogen and oxygen atoms in total. The van der Waals surface area contributed by atoms with E-state index in [0.29, 0.717) is 17.9 Å². The molecule has 0 unspecified atom stereocenters. The molecule has 1 aromatic heterocycles. The van der Waals surface area contributed by atoms with Gasteiger partial charge in [0, 0.05) is 19.8 Å². The summed E-state index contributed by atoms with van der Waals surface area (Å²) in [4.78, 5) is 27.6. The molecule has 0 aliphatic heterocycles. The third kappa shape index (κ3) is 3.89. The number of likely N-dealkylation sites (N-methyl/N-ethyl adjacent to an activating group) is 1. The van der Waals surface area contributed by atoms with Gasteiger partial charge in [-0.05, 0) is 12.1 Å². The van der Waals surface area contributed by atoms with E-state index >= 15 is 0 Å². The van der Waals surface area contributed by atoms with E-state index in [1.54, 1.807) is 25.3 Å². The van der Waals surface area contributed by atoms with Crippen molar-refractivity contribution in [3.8, 4) is 0 Å². The van der Waals surface area contributed by atoms with Gasteiger partial charge < -0.3 is 15.3 Å². The first-order valence-corrected chi connectivity index (χ1v) is 5.32. The summed E-state index contributed by atoms with van der Waals surface area (Å²) in [5, 5.41) is 11.3. The van der Waals surface area contributed by atoms with Gasteiger partial charge in [0.2, 0.25) is 0 Å². The van der Waals surface area contributed by atoms with E-state index in [4.69, 9.17) is 5.11 Å². The van der Waals surface area contributed by atoms with Gasteiger partial charge in [0.15, 0.2) is 0 Å². The molecule has 0 aliphatic rings. The Balaban J connectivity index is 2.70. The van der Waals surface area contributed by atoms with Crippen LogP contribution >= 0.6 is 0 Å². The van der Waals surface area contributed by atoms with Crippen molar-refractivity contribution in [3.05, 3.63) is 36.5 Å². The predicted molar refractivity (Wildman–Crippen MR) is 67.7 cm³/mol. The average molecular weight is 249 g/mol. The van der Waals surface area contributed by atoms with E-state index in [1.165, 1.54) is 11.1 Å². The Morgan fingerprint density at radius 1 is 1.56 bits per heavy atom. The van der Waals surface area contributed by atoms with Gasteiger partial charge in [-0.3, -0.25) is 9.59 Å². The minimum atomic E-state index is -0.938. The highest BCUT2D eigenvalue weighted by atomic mass is 16.4. The number of anilines is 1. The molecule has 0 radical (unpaired) electrons. The van der Waals surface area contributed by atoms with Crippen LogP contribution in [-0.4, -0.2) is 42.1 Å².